The van der Waals surface area contributed by atoms with Gasteiger partial charge in [0, 0.05) is 24.5 Å². The van der Waals surface area contributed by atoms with Crippen molar-refractivity contribution in [1.82, 2.24) is 10.2 Å². The molecule has 0 aromatic heterocycles. The Kier molecular flexibility index (Phi) is 2.41. The van der Waals surface area contributed by atoms with Crippen molar-refractivity contribution in [2.24, 2.45) is 5.92 Å². The molecule has 3 fully saturated rings. The zero-order chi connectivity index (χ0) is 10.3. The summed E-state index contributed by atoms with van der Waals surface area (Å²) in [6, 6.07) is 0.971. The molecule has 0 aromatic carbocycles. The summed E-state index contributed by atoms with van der Waals surface area (Å²) in [7, 11) is 0. The van der Waals surface area contributed by atoms with Crippen LogP contribution < -0.4 is 5.32 Å². The molecule has 1 saturated carbocycles. The second-order valence-electron chi connectivity index (χ2n) is 4.87. The van der Waals surface area contributed by atoms with Gasteiger partial charge in [0.1, 0.15) is 6.61 Å². The molecule has 3 rings (SSSR count). The third-order valence-corrected chi connectivity index (χ3v) is 3.71. The zero-order valence-electron chi connectivity index (χ0n) is 8.95. The fourth-order valence-electron chi connectivity index (χ4n) is 2.83. The number of rotatable bonds is 1. The summed E-state index contributed by atoms with van der Waals surface area (Å²) in [6.45, 7) is 3.08. The maximum absolute atomic E-state index is 11.9. The van der Waals surface area contributed by atoms with Crippen molar-refractivity contribution >= 4 is 5.91 Å². The van der Waals surface area contributed by atoms with Crippen LogP contribution in [-0.2, 0) is 9.53 Å². The van der Waals surface area contributed by atoms with E-state index in [4.69, 9.17) is 4.74 Å². The maximum atomic E-state index is 11.9. The van der Waals surface area contributed by atoms with Gasteiger partial charge in [0.25, 0.3) is 0 Å². The molecule has 2 atom stereocenters. The van der Waals surface area contributed by atoms with Gasteiger partial charge >= 0.3 is 0 Å². The van der Waals surface area contributed by atoms with Crippen LogP contribution in [0.15, 0.2) is 0 Å². The first-order chi connectivity index (χ1) is 7.36. The molecular weight excluding hydrogens is 192 g/mol. The van der Waals surface area contributed by atoms with Crippen LogP contribution >= 0.6 is 0 Å². The van der Waals surface area contributed by atoms with Gasteiger partial charge in [-0.05, 0) is 25.8 Å². The topological polar surface area (TPSA) is 41.6 Å². The molecule has 2 aliphatic heterocycles. The monoisotopic (exact) mass is 210 g/mol. The minimum Gasteiger partial charge on any atom is -0.371 e. The van der Waals surface area contributed by atoms with Crippen LogP contribution in [0, 0.1) is 5.92 Å². The van der Waals surface area contributed by atoms with Gasteiger partial charge in [0.15, 0.2) is 0 Å². The van der Waals surface area contributed by atoms with Gasteiger partial charge in [-0.1, -0.05) is 0 Å². The third kappa shape index (κ3) is 1.76. The lowest BCUT2D eigenvalue weighted by Gasteiger charge is -2.38. The summed E-state index contributed by atoms with van der Waals surface area (Å²) in [5.41, 5.74) is 0. The molecule has 2 saturated heterocycles. The number of carbonyl (C=O) groups excluding carboxylic acids is 1. The Morgan fingerprint density at radius 2 is 2.20 bits per heavy atom. The normalized spacial score (nSPS) is 37.3. The SMILES string of the molecule is O=C1COC[C@H]2CNCC[C@@H]2N1C1CC1. The standard InChI is InChI=1S/C11H18N2O2/c14-11-7-15-6-8-5-12-4-3-10(8)13(11)9-1-2-9/h8-10,12H,1-7H2/t8-,10+/m1/s1. The molecule has 0 bridgehead atoms. The molecule has 3 aliphatic rings. The van der Waals surface area contributed by atoms with E-state index in [2.05, 4.69) is 10.2 Å². The smallest absolute Gasteiger partial charge is 0.249 e. The highest BCUT2D eigenvalue weighted by Gasteiger charge is 2.42. The Hall–Kier alpha value is -0.610. The maximum Gasteiger partial charge on any atom is 0.249 e. The van der Waals surface area contributed by atoms with Gasteiger partial charge in [-0.2, -0.15) is 0 Å². The van der Waals surface area contributed by atoms with Gasteiger partial charge < -0.3 is 15.0 Å². The summed E-state index contributed by atoms with van der Waals surface area (Å²) < 4.78 is 5.45. The first-order valence-corrected chi connectivity index (χ1v) is 5.96. The van der Waals surface area contributed by atoms with E-state index in [1.807, 2.05) is 0 Å². The Morgan fingerprint density at radius 1 is 1.33 bits per heavy atom. The van der Waals surface area contributed by atoms with Crippen molar-refractivity contribution in [3.05, 3.63) is 0 Å². The average molecular weight is 210 g/mol. The molecule has 0 aromatic rings. The van der Waals surface area contributed by atoms with Gasteiger partial charge in [-0.25, -0.2) is 0 Å². The number of carbonyl (C=O) groups is 1. The van der Waals surface area contributed by atoms with Crippen LogP contribution in [0.25, 0.3) is 0 Å². The van der Waals surface area contributed by atoms with Crippen molar-refractivity contribution in [1.29, 1.82) is 0 Å². The summed E-state index contributed by atoms with van der Waals surface area (Å²) in [5, 5.41) is 3.39. The summed E-state index contributed by atoms with van der Waals surface area (Å²) >= 11 is 0. The average Bonchev–Trinajstić information content (AvgIpc) is 3.03. The highest BCUT2D eigenvalue weighted by Crippen LogP contribution is 2.34. The van der Waals surface area contributed by atoms with Gasteiger partial charge in [-0.3, -0.25) is 4.79 Å². The largest absolute Gasteiger partial charge is 0.371 e. The number of amides is 1. The van der Waals surface area contributed by atoms with Crippen molar-refractivity contribution in [3.8, 4) is 0 Å². The molecular formula is C11H18N2O2. The Labute approximate surface area is 90.0 Å². The Balaban J connectivity index is 1.82. The Bertz CT molecular complexity index is 265. The molecule has 0 radical (unpaired) electrons. The van der Waals surface area contributed by atoms with Crippen LogP contribution in [0.1, 0.15) is 19.3 Å². The van der Waals surface area contributed by atoms with Gasteiger partial charge in [0.2, 0.25) is 5.91 Å². The highest BCUT2D eigenvalue weighted by molar-refractivity contribution is 5.78. The minimum absolute atomic E-state index is 0.215. The van der Waals surface area contributed by atoms with Crippen LogP contribution in [0.2, 0.25) is 0 Å². The number of hydrogen-bond acceptors (Lipinski definition) is 3. The first kappa shape index (κ1) is 9.60. The highest BCUT2D eigenvalue weighted by atomic mass is 16.5. The van der Waals surface area contributed by atoms with Crippen molar-refractivity contribution in [2.75, 3.05) is 26.3 Å². The van der Waals surface area contributed by atoms with Crippen molar-refractivity contribution in [3.63, 3.8) is 0 Å². The van der Waals surface area contributed by atoms with Crippen molar-refractivity contribution in [2.45, 2.75) is 31.3 Å². The van der Waals surface area contributed by atoms with E-state index in [-0.39, 0.29) is 5.91 Å². The first-order valence-electron chi connectivity index (χ1n) is 5.96. The molecule has 0 unspecified atom stereocenters. The number of ether oxygens (including phenoxy) is 1. The van der Waals surface area contributed by atoms with E-state index in [1.165, 1.54) is 12.8 Å². The predicted octanol–water partition coefficient (Wildman–Crippen LogP) is -0.0143. The molecule has 1 aliphatic carbocycles. The molecule has 1 N–H and O–H groups in total. The van der Waals surface area contributed by atoms with E-state index in [0.717, 1.165) is 26.1 Å². The van der Waals surface area contributed by atoms with E-state index < -0.39 is 0 Å². The predicted molar refractivity (Wildman–Crippen MR) is 55.5 cm³/mol. The molecule has 4 heteroatoms. The Morgan fingerprint density at radius 3 is 3.00 bits per heavy atom. The minimum atomic E-state index is 0.215. The van der Waals surface area contributed by atoms with Gasteiger partial charge in [-0.15, -0.1) is 0 Å². The molecule has 0 spiro atoms. The van der Waals surface area contributed by atoms with Crippen LogP contribution in [0.4, 0.5) is 0 Å². The lowest BCUT2D eigenvalue weighted by molar-refractivity contribution is -0.136. The number of piperidine rings is 1. The summed E-state index contributed by atoms with van der Waals surface area (Å²) in [6.07, 6.45) is 3.49. The number of fused-ring (bicyclic) bond motifs is 1. The van der Waals surface area contributed by atoms with Crippen molar-refractivity contribution < 1.29 is 9.53 Å². The van der Waals surface area contributed by atoms with Crippen LogP contribution in [0.3, 0.4) is 0 Å². The number of nitrogens with one attached hydrogen (secondary N) is 1. The van der Waals surface area contributed by atoms with E-state index in [0.29, 0.717) is 24.6 Å². The lowest BCUT2D eigenvalue weighted by Crippen LogP contribution is -2.52. The molecule has 84 valence electrons. The number of hydrogen-bond donors (Lipinski definition) is 1. The van der Waals surface area contributed by atoms with Crippen LogP contribution in [0.5, 0.6) is 0 Å². The van der Waals surface area contributed by atoms with E-state index in [1.54, 1.807) is 0 Å². The fourth-order valence-corrected chi connectivity index (χ4v) is 2.83. The molecule has 15 heavy (non-hydrogen) atoms. The summed E-state index contributed by atoms with van der Waals surface area (Å²) in [5.74, 6) is 0.720. The fraction of sp³-hybridized carbons (Fsp3) is 0.909. The second-order valence-corrected chi connectivity index (χ2v) is 4.87. The third-order valence-electron chi connectivity index (χ3n) is 3.71. The van der Waals surface area contributed by atoms with E-state index >= 15 is 0 Å². The molecule has 4 nitrogen and oxygen atoms in total. The second kappa shape index (κ2) is 3.76. The lowest BCUT2D eigenvalue weighted by atomic mass is 9.92. The quantitative estimate of drug-likeness (QED) is 0.661. The molecule has 1 amide bonds. The summed E-state index contributed by atoms with van der Waals surface area (Å²) in [4.78, 5) is 14.1. The van der Waals surface area contributed by atoms with Gasteiger partial charge in [0.05, 0.1) is 6.61 Å². The van der Waals surface area contributed by atoms with E-state index in [9.17, 15) is 4.79 Å². The van der Waals surface area contributed by atoms with Crippen LogP contribution in [-0.4, -0.2) is 49.2 Å². The zero-order valence-corrected chi connectivity index (χ0v) is 8.95. The number of nitrogens with zero attached hydrogens (tertiary/aromatic N) is 1. The molecule has 2 heterocycles.